The van der Waals surface area contributed by atoms with Gasteiger partial charge in [-0.3, -0.25) is 0 Å². The Kier molecular flexibility index (Phi) is 4.16. The summed E-state index contributed by atoms with van der Waals surface area (Å²) in [4.78, 5) is 0. The van der Waals surface area contributed by atoms with E-state index in [4.69, 9.17) is 26.4 Å². The number of ether oxygens (including phenoxy) is 3. The first-order chi connectivity index (χ1) is 9.78. The largest absolute Gasteiger partial charge is 0.376 e. The Bertz CT molecular complexity index is 471. The minimum atomic E-state index is -0.00419. The van der Waals surface area contributed by atoms with Crippen LogP contribution in [-0.2, 0) is 14.2 Å². The van der Waals surface area contributed by atoms with Gasteiger partial charge < -0.3 is 24.8 Å². The Morgan fingerprint density at radius 2 is 1.95 bits per heavy atom. The molecule has 2 aliphatic rings. The number of hydrogen-bond donors (Lipinski definition) is 2. The van der Waals surface area contributed by atoms with E-state index in [1.807, 2.05) is 30.3 Å². The van der Waals surface area contributed by atoms with Crippen LogP contribution < -0.4 is 10.6 Å². The molecule has 1 aromatic carbocycles. The molecule has 20 heavy (non-hydrogen) atoms. The average molecular weight is 294 g/mol. The molecule has 0 saturated carbocycles. The molecule has 1 aromatic rings. The Balaban J connectivity index is 1.55. The maximum Gasteiger partial charge on any atom is 0.171 e. The number of para-hydroxylation sites is 1. The average Bonchev–Trinajstić information content (AvgIpc) is 3.02. The number of thiocarbonyl (C=S) groups is 1. The van der Waals surface area contributed by atoms with Crippen molar-refractivity contribution < 1.29 is 14.2 Å². The topological polar surface area (TPSA) is 51.8 Å². The van der Waals surface area contributed by atoms with E-state index in [9.17, 15) is 0 Å². The van der Waals surface area contributed by atoms with E-state index in [0.717, 1.165) is 5.69 Å². The first-order valence-electron chi connectivity index (χ1n) is 6.66. The van der Waals surface area contributed by atoms with E-state index in [-0.39, 0.29) is 24.4 Å². The predicted octanol–water partition coefficient (Wildman–Crippen LogP) is 1.15. The summed E-state index contributed by atoms with van der Waals surface area (Å²) in [7, 11) is 1.68. The van der Waals surface area contributed by atoms with Crippen molar-refractivity contribution in [2.45, 2.75) is 24.4 Å². The van der Waals surface area contributed by atoms with Gasteiger partial charge in [0.1, 0.15) is 18.3 Å². The molecule has 5 nitrogen and oxygen atoms in total. The highest BCUT2D eigenvalue weighted by Gasteiger charge is 2.48. The van der Waals surface area contributed by atoms with E-state index in [1.54, 1.807) is 7.11 Å². The highest BCUT2D eigenvalue weighted by Crippen LogP contribution is 2.28. The number of hydrogen-bond acceptors (Lipinski definition) is 4. The van der Waals surface area contributed by atoms with Crippen molar-refractivity contribution in [2.24, 2.45) is 0 Å². The molecule has 0 aliphatic carbocycles. The number of benzene rings is 1. The quantitative estimate of drug-likeness (QED) is 0.816. The van der Waals surface area contributed by atoms with Crippen LogP contribution in [-0.4, -0.2) is 49.8 Å². The zero-order valence-electron chi connectivity index (χ0n) is 11.2. The Labute approximate surface area is 123 Å². The van der Waals surface area contributed by atoms with Gasteiger partial charge in [0.25, 0.3) is 0 Å². The molecular weight excluding hydrogens is 276 g/mol. The summed E-state index contributed by atoms with van der Waals surface area (Å²) in [6, 6.07) is 9.88. The van der Waals surface area contributed by atoms with Gasteiger partial charge in [-0.15, -0.1) is 0 Å². The summed E-state index contributed by atoms with van der Waals surface area (Å²) in [6.07, 6.45) is 0.00922. The lowest BCUT2D eigenvalue weighted by Gasteiger charge is -2.19. The highest BCUT2D eigenvalue weighted by atomic mass is 32.1. The molecule has 0 spiro atoms. The second-order valence-corrected chi connectivity index (χ2v) is 5.35. The molecule has 2 aliphatic heterocycles. The Morgan fingerprint density at radius 3 is 2.70 bits per heavy atom. The lowest BCUT2D eigenvalue weighted by Crippen LogP contribution is -2.45. The summed E-state index contributed by atoms with van der Waals surface area (Å²) in [5, 5.41) is 6.99. The number of rotatable bonds is 3. The fourth-order valence-corrected chi connectivity index (χ4v) is 2.92. The van der Waals surface area contributed by atoms with Gasteiger partial charge in [0.05, 0.1) is 19.3 Å². The van der Waals surface area contributed by atoms with Gasteiger partial charge in [-0.25, -0.2) is 0 Å². The fourth-order valence-electron chi connectivity index (χ4n) is 2.65. The third-order valence-electron chi connectivity index (χ3n) is 3.66. The van der Waals surface area contributed by atoms with Crippen LogP contribution in [0.5, 0.6) is 0 Å². The van der Waals surface area contributed by atoms with E-state index >= 15 is 0 Å². The SMILES string of the molecule is COC1COC2C(NC(=S)Nc3ccccc3)COC12. The van der Waals surface area contributed by atoms with Crippen LogP contribution in [0.1, 0.15) is 0 Å². The predicted molar refractivity (Wildman–Crippen MR) is 79.9 cm³/mol. The van der Waals surface area contributed by atoms with Crippen LogP contribution >= 0.6 is 12.2 Å². The zero-order chi connectivity index (χ0) is 13.9. The van der Waals surface area contributed by atoms with E-state index < -0.39 is 0 Å². The first-order valence-corrected chi connectivity index (χ1v) is 7.07. The normalized spacial score (nSPS) is 31.9. The molecule has 4 unspecified atom stereocenters. The van der Waals surface area contributed by atoms with Gasteiger partial charge in [-0.05, 0) is 24.4 Å². The third-order valence-corrected chi connectivity index (χ3v) is 3.88. The lowest BCUT2D eigenvalue weighted by molar-refractivity contribution is -0.00798. The molecule has 0 radical (unpaired) electrons. The summed E-state index contributed by atoms with van der Waals surface area (Å²) >= 11 is 5.33. The second kappa shape index (κ2) is 6.05. The van der Waals surface area contributed by atoms with Crippen molar-refractivity contribution in [3.63, 3.8) is 0 Å². The van der Waals surface area contributed by atoms with Crippen LogP contribution in [0.4, 0.5) is 5.69 Å². The molecule has 0 bridgehead atoms. The van der Waals surface area contributed by atoms with Gasteiger partial charge in [-0.2, -0.15) is 0 Å². The van der Waals surface area contributed by atoms with Gasteiger partial charge in [0.2, 0.25) is 0 Å². The fraction of sp³-hybridized carbons (Fsp3) is 0.500. The number of fused-ring (bicyclic) bond motifs is 1. The van der Waals surface area contributed by atoms with E-state index in [2.05, 4.69) is 10.6 Å². The van der Waals surface area contributed by atoms with Crippen LogP contribution in [0.15, 0.2) is 30.3 Å². The summed E-state index contributed by atoms with van der Waals surface area (Å²) < 4.78 is 16.8. The Morgan fingerprint density at radius 1 is 1.20 bits per heavy atom. The van der Waals surface area contributed by atoms with Crippen molar-refractivity contribution >= 4 is 23.0 Å². The van der Waals surface area contributed by atoms with E-state index in [0.29, 0.717) is 18.3 Å². The minimum Gasteiger partial charge on any atom is -0.376 e. The maximum atomic E-state index is 5.74. The number of methoxy groups -OCH3 is 1. The van der Waals surface area contributed by atoms with Crippen LogP contribution in [0, 0.1) is 0 Å². The molecule has 6 heteroatoms. The smallest absolute Gasteiger partial charge is 0.171 e. The van der Waals surface area contributed by atoms with Crippen LogP contribution in [0.25, 0.3) is 0 Å². The van der Waals surface area contributed by atoms with Crippen molar-refractivity contribution in [3.8, 4) is 0 Å². The molecule has 3 rings (SSSR count). The molecule has 2 saturated heterocycles. The van der Waals surface area contributed by atoms with Gasteiger partial charge in [0.15, 0.2) is 5.11 Å². The molecule has 2 N–H and O–H groups in total. The molecule has 108 valence electrons. The minimum absolute atomic E-state index is 0.00275. The molecule has 0 amide bonds. The van der Waals surface area contributed by atoms with Gasteiger partial charge in [-0.1, -0.05) is 18.2 Å². The van der Waals surface area contributed by atoms with Gasteiger partial charge in [0, 0.05) is 12.8 Å². The molecule has 2 fully saturated rings. The van der Waals surface area contributed by atoms with Gasteiger partial charge >= 0.3 is 0 Å². The summed E-state index contributed by atoms with van der Waals surface area (Å²) in [5.74, 6) is 0. The zero-order valence-corrected chi connectivity index (χ0v) is 12.1. The third kappa shape index (κ3) is 2.78. The molecule has 4 atom stereocenters. The summed E-state index contributed by atoms with van der Waals surface area (Å²) in [6.45, 7) is 1.15. The van der Waals surface area contributed by atoms with E-state index in [1.165, 1.54) is 0 Å². The Hall–Kier alpha value is -1.21. The van der Waals surface area contributed by atoms with Crippen molar-refractivity contribution in [1.29, 1.82) is 0 Å². The van der Waals surface area contributed by atoms with Crippen LogP contribution in [0.2, 0.25) is 0 Å². The maximum absolute atomic E-state index is 5.74. The highest BCUT2D eigenvalue weighted by molar-refractivity contribution is 7.80. The number of anilines is 1. The second-order valence-electron chi connectivity index (χ2n) is 4.94. The van der Waals surface area contributed by atoms with Crippen molar-refractivity contribution in [2.75, 3.05) is 25.6 Å². The molecule has 0 aromatic heterocycles. The van der Waals surface area contributed by atoms with Crippen LogP contribution in [0.3, 0.4) is 0 Å². The van der Waals surface area contributed by atoms with Crippen molar-refractivity contribution in [3.05, 3.63) is 30.3 Å². The molecule has 2 heterocycles. The molecular formula is C14H18N2O3S. The first kappa shape index (κ1) is 13.8. The number of nitrogens with one attached hydrogen (secondary N) is 2. The standard InChI is InChI=1S/C14H18N2O3S/c1-17-11-8-19-12-10(7-18-13(11)12)16-14(20)15-9-5-3-2-4-6-9/h2-6,10-13H,7-8H2,1H3,(H2,15,16,20). The van der Waals surface area contributed by atoms with Crippen molar-refractivity contribution in [1.82, 2.24) is 5.32 Å². The summed E-state index contributed by atoms with van der Waals surface area (Å²) in [5.41, 5.74) is 0.961. The monoisotopic (exact) mass is 294 g/mol. The lowest BCUT2D eigenvalue weighted by atomic mass is 10.1.